The van der Waals surface area contributed by atoms with Gasteiger partial charge in [0.15, 0.2) is 0 Å². The van der Waals surface area contributed by atoms with E-state index >= 15 is 0 Å². The van der Waals surface area contributed by atoms with Crippen LogP contribution < -0.4 is 10.3 Å². The highest BCUT2D eigenvalue weighted by molar-refractivity contribution is 6.31. The van der Waals surface area contributed by atoms with Crippen molar-refractivity contribution in [2.24, 2.45) is 0 Å². The van der Waals surface area contributed by atoms with Crippen LogP contribution >= 0.6 is 23.2 Å². The van der Waals surface area contributed by atoms with E-state index in [4.69, 9.17) is 27.6 Å². The van der Waals surface area contributed by atoms with Crippen molar-refractivity contribution in [2.45, 2.75) is 6.92 Å². The number of hydrogen-bond acceptors (Lipinski definition) is 1. The summed E-state index contributed by atoms with van der Waals surface area (Å²) in [5, 5.41) is 3.20. The fourth-order valence-electron chi connectivity index (χ4n) is 2.83. The summed E-state index contributed by atoms with van der Waals surface area (Å²) in [5.41, 5.74) is 3.72. The Kier molecular flexibility index (Phi) is 4.54. The molecule has 4 aromatic rings. The Bertz CT molecular complexity index is 1160. The topological polar surface area (TPSA) is 27.1 Å². The zero-order chi connectivity index (χ0) is 18.1. The summed E-state index contributed by atoms with van der Waals surface area (Å²) in [5.74, 6) is 0.779. The van der Waals surface area contributed by atoms with Gasteiger partial charge in [0.25, 0.3) is 0 Å². The van der Waals surface area contributed by atoms with E-state index in [0.717, 1.165) is 43.9 Å². The number of nitrogens with one attached hydrogen (secondary N) is 1. The maximum absolute atomic E-state index is 6.27. The quantitative estimate of drug-likeness (QED) is 0.518. The van der Waals surface area contributed by atoms with Crippen LogP contribution in [0.5, 0.6) is 0 Å². The molecule has 26 heavy (non-hydrogen) atoms. The Balaban J connectivity index is 2.00. The van der Waals surface area contributed by atoms with Crippen molar-refractivity contribution in [1.82, 2.24) is 0 Å². The first-order valence-corrected chi connectivity index (χ1v) is 9.01. The zero-order valence-electron chi connectivity index (χ0n) is 14.1. The minimum atomic E-state index is 0.658. The standard InChI is InChI=1S/C22H15Cl2NO/c1-14-7-9-17(12-19(14)24)25-20-13-22(15-5-3-2-4-6-15)26-21-10-8-16(23)11-18(20)21/h2-13H,1H3/p+1. The van der Waals surface area contributed by atoms with Crippen LogP contribution in [0.4, 0.5) is 5.69 Å². The lowest BCUT2D eigenvalue weighted by molar-refractivity contribution is -0.400. The molecule has 0 saturated heterocycles. The summed E-state index contributed by atoms with van der Waals surface area (Å²) < 4.78 is 6.10. The summed E-state index contributed by atoms with van der Waals surface area (Å²) >= 11 is 12.5. The Hall–Kier alpha value is -2.55. The van der Waals surface area contributed by atoms with Crippen molar-refractivity contribution < 1.29 is 9.41 Å². The van der Waals surface area contributed by atoms with Crippen molar-refractivity contribution in [2.75, 3.05) is 0 Å². The number of fused-ring (bicyclic) bond motifs is 1. The van der Waals surface area contributed by atoms with E-state index in [9.17, 15) is 0 Å². The molecule has 0 saturated carbocycles. The van der Waals surface area contributed by atoms with Crippen LogP contribution in [0, 0.1) is 6.92 Å². The van der Waals surface area contributed by atoms with Gasteiger partial charge in [-0.2, -0.15) is 0 Å². The number of rotatable bonds is 2. The second kappa shape index (κ2) is 6.99. The molecule has 0 bridgehead atoms. The van der Waals surface area contributed by atoms with Crippen molar-refractivity contribution in [3.63, 3.8) is 0 Å². The Labute approximate surface area is 161 Å². The molecule has 0 aliphatic carbocycles. The third-order valence-corrected chi connectivity index (χ3v) is 4.88. The molecule has 0 aliphatic heterocycles. The summed E-state index contributed by atoms with van der Waals surface area (Å²) in [6.07, 6.45) is 0. The Morgan fingerprint density at radius 3 is 2.42 bits per heavy atom. The molecule has 3 aromatic carbocycles. The van der Waals surface area contributed by atoms with Gasteiger partial charge in [0, 0.05) is 22.7 Å². The molecule has 0 fully saturated rings. The smallest absolute Gasteiger partial charge is 0.218 e. The highest BCUT2D eigenvalue weighted by Gasteiger charge is 2.10. The number of hydrogen-bond donors (Lipinski definition) is 1. The van der Waals surface area contributed by atoms with Gasteiger partial charge < -0.3 is 4.42 Å². The average molecular weight is 381 g/mol. The molecule has 128 valence electrons. The molecule has 4 rings (SSSR count). The first-order chi connectivity index (χ1) is 12.6. The summed E-state index contributed by atoms with van der Waals surface area (Å²) in [4.78, 5) is 3.45. The van der Waals surface area contributed by atoms with E-state index in [1.54, 1.807) is 0 Å². The Morgan fingerprint density at radius 1 is 0.846 bits per heavy atom. The molecule has 4 heteroatoms. The van der Waals surface area contributed by atoms with Crippen LogP contribution in [-0.2, 0) is 0 Å². The van der Waals surface area contributed by atoms with E-state index in [2.05, 4.69) is 4.99 Å². The third-order valence-electron chi connectivity index (χ3n) is 4.24. The molecular weight excluding hydrogens is 365 g/mol. The zero-order valence-corrected chi connectivity index (χ0v) is 15.6. The lowest BCUT2D eigenvalue weighted by Gasteiger charge is -2.03. The predicted octanol–water partition coefficient (Wildman–Crippen LogP) is 5.03. The van der Waals surface area contributed by atoms with E-state index in [0.29, 0.717) is 5.02 Å². The predicted molar refractivity (Wildman–Crippen MR) is 107 cm³/mol. The molecule has 0 spiro atoms. The van der Waals surface area contributed by atoms with Crippen LogP contribution in [0.2, 0.25) is 10.0 Å². The summed E-state index contributed by atoms with van der Waals surface area (Å²) in [6, 6.07) is 23.5. The lowest BCUT2D eigenvalue weighted by atomic mass is 10.1. The van der Waals surface area contributed by atoms with Crippen molar-refractivity contribution in [1.29, 1.82) is 0 Å². The molecule has 1 N–H and O–H groups in total. The third kappa shape index (κ3) is 3.39. The van der Waals surface area contributed by atoms with Gasteiger partial charge in [0.1, 0.15) is 11.3 Å². The number of halogens is 2. The highest BCUT2D eigenvalue weighted by atomic mass is 35.5. The van der Waals surface area contributed by atoms with Crippen molar-refractivity contribution in [3.8, 4) is 11.3 Å². The lowest BCUT2D eigenvalue weighted by Crippen LogP contribution is -2.70. The van der Waals surface area contributed by atoms with Gasteiger partial charge in [-0.1, -0.05) is 59.6 Å². The second-order valence-corrected chi connectivity index (χ2v) is 6.96. The molecular formula is C22H16Cl2NO+. The molecule has 2 nitrogen and oxygen atoms in total. The maximum Gasteiger partial charge on any atom is 0.218 e. The van der Waals surface area contributed by atoms with Gasteiger partial charge in [-0.25, -0.2) is 4.99 Å². The summed E-state index contributed by atoms with van der Waals surface area (Å²) in [7, 11) is 0. The largest absolute Gasteiger partial charge is 0.456 e. The van der Waals surface area contributed by atoms with Gasteiger partial charge in [-0.3, -0.25) is 0 Å². The van der Waals surface area contributed by atoms with Crippen LogP contribution in [0.25, 0.3) is 22.3 Å². The molecule has 0 unspecified atom stereocenters. The first kappa shape index (κ1) is 16.9. The molecule has 0 atom stereocenters. The molecule has 1 heterocycles. The van der Waals surface area contributed by atoms with E-state index in [-0.39, 0.29) is 0 Å². The van der Waals surface area contributed by atoms with E-state index in [1.807, 2.05) is 79.7 Å². The number of benzene rings is 3. The molecule has 0 aliphatic rings. The van der Waals surface area contributed by atoms with Crippen LogP contribution in [0.15, 0.2) is 77.2 Å². The average Bonchev–Trinajstić information content (AvgIpc) is 2.65. The maximum atomic E-state index is 6.27. The fraction of sp³-hybridized carbons (Fsp3) is 0.0455. The minimum Gasteiger partial charge on any atom is -0.456 e. The van der Waals surface area contributed by atoms with Gasteiger partial charge >= 0.3 is 0 Å². The first-order valence-electron chi connectivity index (χ1n) is 8.25. The second-order valence-electron chi connectivity index (χ2n) is 6.12. The van der Waals surface area contributed by atoms with E-state index in [1.165, 1.54) is 0 Å². The SMILES string of the molecule is Cc1ccc([NH+]=c2cc(-c3ccccc3)oc3ccc(Cl)cc23)cc1Cl. The van der Waals surface area contributed by atoms with Crippen molar-refractivity contribution in [3.05, 3.63) is 93.8 Å². The normalized spacial score (nSPS) is 11.9. The monoisotopic (exact) mass is 380 g/mol. The van der Waals surface area contributed by atoms with Gasteiger partial charge in [-0.15, -0.1) is 0 Å². The summed E-state index contributed by atoms with van der Waals surface area (Å²) in [6.45, 7) is 1.98. The number of aryl methyl sites for hydroxylation is 1. The van der Waals surface area contributed by atoms with Gasteiger partial charge in [-0.05, 0) is 30.7 Å². The van der Waals surface area contributed by atoms with Crippen LogP contribution in [0.3, 0.4) is 0 Å². The van der Waals surface area contributed by atoms with Gasteiger partial charge in [0.2, 0.25) is 11.0 Å². The van der Waals surface area contributed by atoms with Crippen LogP contribution in [-0.4, -0.2) is 0 Å². The van der Waals surface area contributed by atoms with Crippen LogP contribution in [0.1, 0.15) is 5.56 Å². The molecule has 0 radical (unpaired) electrons. The highest BCUT2D eigenvalue weighted by Crippen LogP contribution is 2.23. The Morgan fingerprint density at radius 2 is 1.65 bits per heavy atom. The van der Waals surface area contributed by atoms with Gasteiger partial charge in [0.05, 0.1) is 16.5 Å². The molecule has 1 aromatic heterocycles. The van der Waals surface area contributed by atoms with E-state index < -0.39 is 0 Å². The van der Waals surface area contributed by atoms with Crippen molar-refractivity contribution >= 4 is 39.9 Å². The minimum absolute atomic E-state index is 0.658. The molecule has 0 amide bonds. The fourth-order valence-corrected chi connectivity index (χ4v) is 3.19.